The molecule has 0 amide bonds. The van der Waals surface area contributed by atoms with E-state index >= 15 is 0 Å². The van der Waals surface area contributed by atoms with Gasteiger partial charge >= 0.3 is 0 Å². The molecule has 1 aromatic heterocycles. The summed E-state index contributed by atoms with van der Waals surface area (Å²) in [5.74, 6) is 0. The van der Waals surface area contributed by atoms with E-state index in [1.807, 2.05) is 25.1 Å². The molecule has 0 atom stereocenters. The van der Waals surface area contributed by atoms with Crippen LogP contribution in [0, 0.1) is 6.92 Å². The van der Waals surface area contributed by atoms with E-state index in [0.29, 0.717) is 11.7 Å². The minimum Gasteiger partial charge on any atom is -0.325 e. The molecule has 3 nitrogen and oxygen atoms in total. The molecule has 1 aromatic carbocycles. The van der Waals surface area contributed by atoms with E-state index in [4.69, 9.17) is 17.3 Å². The lowest BCUT2D eigenvalue weighted by Gasteiger charge is -2.04. The Kier molecular flexibility index (Phi) is 2.35. The SMILES string of the molecule is Cc1ccc2c(CN)nnc(Cl)c2c1. The summed E-state index contributed by atoms with van der Waals surface area (Å²) in [6, 6.07) is 5.98. The summed E-state index contributed by atoms with van der Waals surface area (Å²) in [4.78, 5) is 0. The summed E-state index contributed by atoms with van der Waals surface area (Å²) in [5.41, 5.74) is 7.49. The molecule has 0 spiro atoms. The van der Waals surface area contributed by atoms with Crippen molar-refractivity contribution in [3.63, 3.8) is 0 Å². The monoisotopic (exact) mass is 207 g/mol. The molecule has 0 unspecified atom stereocenters. The Labute approximate surface area is 86.9 Å². The maximum atomic E-state index is 5.94. The van der Waals surface area contributed by atoms with E-state index < -0.39 is 0 Å². The number of fused-ring (bicyclic) bond motifs is 1. The zero-order valence-electron chi connectivity index (χ0n) is 7.79. The number of hydrogen-bond acceptors (Lipinski definition) is 3. The Morgan fingerprint density at radius 3 is 2.79 bits per heavy atom. The second kappa shape index (κ2) is 3.52. The third kappa shape index (κ3) is 1.45. The van der Waals surface area contributed by atoms with Crippen molar-refractivity contribution in [1.82, 2.24) is 10.2 Å². The van der Waals surface area contributed by atoms with E-state index in [0.717, 1.165) is 22.0 Å². The highest BCUT2D eigenvalue weighted by atomic mass is 35.5. The van der Waals surface area contributed by atoms with E-state index in [1.165, 1.54) is 0 Å². The molecule has 0 aliphatic carbocycles. The van der Waals surface area contributed by atoms with Crippen LogP contribution in [0.4, 0.5) is 0 Å². The van der Waals surface area contributed by atoms with Crippen LogP contribution in [-0.2, 0) is 6.54 Å². The molecule has 0 bridgehead atoms. The van der Waals surface area contributed by atoms with Crippen molar-refractivity contribution in [2.75, 3.05) is 0 Å². The summed E-state index contributed by atoms with van der Waals surface area (Å²) < 4.78 is 0. The van der Waals surface area contributed by atoms with Crippen molar-refractivity contribution in [1.29, 1.82) is 0 Å². The highest BCUT2D eigenvalue weighted by Gasteiger charge is 2.06. The van der Waals surface area contributed by atoms with Crippen LogP contribution in [0.5, 0.6) is 0 Å². The lowest BCUT2D eigenvalue weighted by molar-refractivity contribution is 0.918. The van der Waals surface area contributed by atoms with Crippen LogP contribution in [0.15, 0.2) is 18.2 Å². The number of aromatic nitrogens is 2. The van der Waals surface area contributed by atoms with Gasteiger partial charge in [-0.3, -0.25) is 0 Å². The van der Waals surface area contributed by atoms with Crippen LogP contribution in [-0.4, -0.2) is 10.2 Å². The van der Waals surface area contributed by atoms with Crippen molar-refractivity contribution in [3.8, 4) is 0 Å². The number of rotatable bonds is 1. The predicted molar refractivity (Wildman–Crippen MR) is 57.2 cm³/mol. The zero-order chi connectivity index (χ0) is 10.1. The van der Waals surface area contributed by atoms with E-state index in [2.05, 4.69) is 10.2 Å². The lowest BCUT2D eigenvalue weighted by Crippen LogP contribution is -2.02. The Bertz CT molecular complexity index is 482. The summed E-state index contributed by atoms with van der Waals surface area (Å²) in [5, 5.41) is 10.1. The number of nitrogens with zero attached hydrogens (tertiary/aromatic N) is 2. The van der Waals surface area contributed by atoms with E-state index in [1.54, 1.807) is 0 Å². The Morgan fingerprint density at radius 1 is 1.29 bits per heavy atom. The largest absolute Gasteiger partial charge is 0.325 e. The minimum absolute atomic E-state index is 0.379. The molecule has 1 heterocycles. The minimum atomic E-state index is 0.379. The molecule has 0 aliphatic heterocycles. The molecule has 0 saturated heterocycles. The highest BCUT2D eigenvalue weighted by Crippen LogP contribution is 2.23. The van der Waals surface area contributed by atoms with Gasteiger partial charge in [-0.1, -0.05) is 29.3 Å². The smallest absolute Gasteiger partial charge is 0.159 e. The van der Waals surface area contributed by atoms with Gasteiger partial charge in [-0.2, -0.15) is 5.10 Å². The molecular weight excluding hydrogens is 198 g/mol. The normalized spacial score (nSPS) is 10.8. The quantitative estimate of drug-likeness (QED) is 0.779. The summed E-state index contributed by atoms with van der Waals surface area (Å²) in [6.07, 6.45) is 0. The van der Waals surface area contributed by atoms with Gasteiger partial charge in [-0.15, -0.1) is 5.10 Å². The summed E-state index contributed by atoms with van der Waals surface area (Å²) in [6.45, 7) is 2.39. The number of hydrogen-bond donors (Lipinski definition) is 1. The third-order valence-corrected chi connectivity index (χ3v) is 2.44. The molecular formula is C10H10ClN3. The van der Waals surface area contributed by atoms with Gasteiger partial charge in [0.1, 0.15) is 0 Å². The van der Waals surface area contributed by atoms with Crippen molar-refractivity contribution < 1.29 is 0 Å². The first-order chi connectivity index (χ1) is 6.72. The molecule has 14 heavy (non-hydrogen) atoms. The van der Waals surface area contributed by atoms with Gasteiger partial charge in [0.25, 0.3) is 0 Å². The van der Waals surface area contributed by atoms with Gasteiger partial charge in [0, 0.05) is 17.3 Å². The van der Waals surface area contributed by atoms with Crippen molar-refractivity contribution >= 4 is 22.4 Å². The fourth-order valence-electron chi connectivity index (χ4n) is 1.44. The van der Waals surface area contributed by atoms with Gasteiger partial charge in [0.05, 0.1) is 5.69 Å². The van der Waals surface area contributed by atoms with Crippen LogP contribution in [0.1, 0.15) is 11.3 Å². The number of nitrogens with two attached hydrogens (primary N) is 1. The second-order valence-electron chi connectivity index (χ2n) is 3.19. The van der Waals surface area contributed by atoms with Gasteiger partial charge < -0.3 is 5.73 Å². The second-order valence-corrected chi connectivity index (χ2v) is 3.55. The summed E-state index contributed by atoms with van der Waals surface area (Å²) in [7, 11) is 0. The Morgan fingerprint density at radius 2 is 2.07 bits per heavy atom. The number of aryl methyl sites for hydroxylation is 1. The maximum Gasteiger partial charge on any atom is 0.159 e. The summed E-state index contributed by atoms with van der Waals surface area (Å²) >= 11 is 5.94. The number of halogens is 1. The molecule has 0 saturated carbocycles. The Hall–Kier alpha value is -1.19. The van der Waals surface area contributed by atoms with Crippen LogP contribution in [0.25, 0.3) is 10.8 Å². The third-order valence-electron chi connectivity index (χ3n) is 2.16. The van der Waals surface area contributed by atoms with Gasteiger partial charge in [0.15, 0.2) is 5.15 Å². The first-order valence-electron chi connectivity index (χ1n) is 4.34. The van der Waals surface area contributed by atoms with Crippen LogP contribution in [0.3, 0.4) is 0 Å². The Balaban J connectivity index is 2.84. The lowest BCUT2D eigenvalue weighted by atomic mass is 10.1. The van der Waals surface area contributed by atoms with Gasteiger partial charge in [-0.25, -0.2) is 0 Å². The standard InChI is InChI=1S/C10H10ClN3/c1-6-2-3-7-8(4-6)10(11)14-13-9(7)5-12/h2-4H,5,12H2,1H3. The molecule has 72 valence electrons. The molecule has 4 heteroatoms. The average molecular weight is 208 g/mol. The van der Waals surface area contributed by atoms with Crippen molar-refractivity contribution in [2.45, 2.75) is 13.5 Å². The highest BCUT2D eigenvalue weighted by molar-refractivity contribution is 6.34. The van der Waals surface area contributed by atoms with Crippen LogP contribution in [0.2, 0.25) is 5.15 Å². The molecule has 0 fully saturated rings. The molecule has 0 aliphatic rings. The van der Waals surface area contributed by atoms with Crippen LogP contribution < -0.4 is 5.73 Å². The van der Waals surface area contributed by atoms with Crippen molar-refractivity contribution in [3.05, 3.63) is 34.6 Å². The van der Waals surface area contributed by atoms with Crippen molar-refractivity contribution in [2.24, 2.45) is 5.73 Å². The van der Waals surface area contributed by atoms with Gasteiger partial charge in [-0.05, 0) is 13.0 Å². The maximum absolute atomic E-state index is 5.94. The molecule has 0 radical (unpaired) electrons. The fraction of sp³-hybridized carbons (Fsp3) is 0.200. The first-order valence-corrected chi connectivity index (χ1v) is 4.71. The first kappa shape index (κ1) is 9.37. The molecule has 2 rings (SSSR count). The van der Waals surface area contributed by atoms with Crippen LogP contribution >= 0.6 is 11.6 Å². The van der Waals surface area contributed by atoms with E-state index in [9.17, 15) is 0 Å². The average Bonchev–Trinajstić information content (AvgIpc) is 2.19. The predicted octanol–water partition coefficient (Wildman–Crippen LogP) is 2.05. The van der Waals surface area contributed by atoms with E-state index in [-0.39, 0.29) is 0 Å². The number of benzene rings is 1. The molecule has 2 aromatic rings. The molecule has 2 N–H and O–H groups in total. The topological polar surface area (TPSA) is 51.8 Å². The van der Waals surface area contributed by atoms with Gasteiger partial charge in [0.2, 0.25) is 0 Å². The fourth-order valence-corrected chi connectivity index (χ4v) is 1.64. The zero-order valence-corrected chi connectivity index (χ0v) is 8.54.